The van der Waals surface area contributed by atoms with Gasteiger partial charge in [-0.15, -0.1) is 0 Å². The van der Waals surface area contributed by atoms with E-state index in [4.69, 9.17) is 37.0 Å². The molecule has 0 aromatic rings. The quantitative estimate of drug-likeness (QED) is 0.0222. The van der Waals surface area contributed by atoms with Gasteiger partial charge in [-0.3, -0.25) is 37.3 Å². The Labute approximate surface area is 556 Å². The number of esters is 4. The summed E-state index contributed by atoms with van der Waals surface area (Å²) in [6, 6.07) is 0. The highest BCUT2D eigenvalue weighted by atomic mass is 31.2. The monoisotopic (exact) mass is 1340 g/mol. The molecular formula is C72H140O17P2. The smallest absolute Gasteiger partial charge is 0.462 e. The molecule has 17 nitrogen and oxygen atoms in total. The van der Waals surface area contributed by atoms with Crippen LogP contribution < -0.4 is 0 Å². The van der Waals surface area contributed by atoms with Gasteiger partial charge in [-0.05, 0) is 25.7 Å². The van der Waals surface area contributed by atoms with Crippen molar-refractivity contribution in [2.24, 2.45) is 0 Å². The molecule has 0 saturated carbocycles. The van der Waals surface area contributed by atoms with Crippen LogP contribution in [0.5, 0.6) is 0 Å². The van der Waals surface area contributed by atoms with E-state index in [1.165, 1.54) is 212 Å². The van der Waals surface area contributed by atoms with Gasteiger partial charge in [0.25, 0.3) is 0 Å². The molecule has 5 atom stereocenters. The summed E-state index contributed by atoms with van der Waals surface area (Å²) >= 11 is 0. The number of aliphatic hydroxyl groups excluding tert-OH is 1. The number of ether oxygens (including phenoxy) is 4. The van der Waals surface area contributed by atoms with Gasteiger partial charge < -0.3 is 33.8 Å². The van der Waals surface area contributed by atoms with Crippen LogP contribution in [-0.4, -0.2) is 96.7 Å². The number of phosphoric ester groups is 2. The highest BCUT2D eigenvalue weighted by Crippen LogP contribution is 2.45. The van der Waals surface area contributed by atoms with Crippen LogP contribution in [0.1, 0.15) is 381 Å². The summed E-state index contributed by atoms with van der Waals surface area (Å²) < 4.78 is 68.3. The standard InChI is InChI=1S/C72H140O17P2/c1-5-9-13-17-21-25-29-30-31-32-33-34-35-39-43-47-51-55-59-72(77)89-68(63-83-70(75)57-53-49-45-41-37-27-23-19-15-11-7-3)65-87-91(80,81)85-61-66(73)60-84-90(78,79)86-64-67(88-71(76)58-54-50-46-42-38-28-24-20-16-12-8-4)62-82-69(74)56-52-48-44-40-36-26-22-18-14-10-6-2/h66-68,73H,5-65H2,1-4H3,(H,78,79)(H,80,81)/t66-,67+,68+/m0/s1. The molecule has 540 valence electrons. The van der Waals surface area contributed by atoms with Gasteiger partial charge in [0.15, 0.2) is 12.2 Å². The molecule has 3 N–H and O–H groups in total. The minimum Gasteiger partial charge on any atom is -0.462 e. The van der Waals surface area contributed by atoms with Gasteiger partial charge >= 0.3 is 39.5 Å². The molecule has 91 heavy (non-hydrogen) atoms. The fraction of sp³-hybridized carbons (Fsp3) is 0.944. The van der Waals surface area contributed by atoms with E-state index in [9.17, 15) is 43.2 Å². The average molecular weight is 1340 g/mol. The van der Waals surface area contributed by atoms with E-state index in [-0.39, 0.29) is 25.7 Å². The Bertz CT molecular complexity index is 1740. The van der Waals surface area contributed by atoms with E-state index in [0.29, 0.717) is 25.7 Å². The molecule has 0 aliphatic heterocycles. The third-order valence-corrected chi connectivity index (χ3v) is 18.8. The Morgan fingerprint density at radius 1 is 0.264 bits per heavy atom. The molecule has 0 aromatic heterocycles. The Balaban J connectivity index is 5.21. The molecule has 0 amide bonds. The highest BCUT2D eigenvalue weighted by molar-refractivity contribution is 7.47. The lowest BCUT2D eigenvalue weighted by Crippen LogP contribution is -2.30. The third-order valence-electron chi connectivity index (χ3n) is 16.9. The van der Waals surface area contributed by atoms with Crippen molar-refractivity contribution in [3.63, 3.8) is 0 Å². The molecule has 0 heterocycles. The second kappa shape index (κ2) is 66.7. The van der Waals surface area contributed by atoms with E-state index in [1.54, 1.807) is 0 Å². The molecule has 0 aliphatic carbocycles. The highest BCUT2D eigenvalue weighted by Gasteiger charge is 2.30. The van der Waals surface area contributed by atoms with Crippen LogP contribution in [-0.2, 0) is 65.4 Å². The second-order valence-corrected chi connectivity index (χ2v) is 28.9. The van der Waals surface area contributed by atoms with Gasteiger partial charge in [0.2, 0.25) is 0 Å². The lowest BCUT2D eigenvalue weighted by molar-refractivity contribution is -0.161. The zero-order chi connectivity index (χ0) is 66.8. The Morgan fingerprint density at radius 3 is 0.648 bits per heavy atom. The number of hydrogen-bond acceptors (Lipinski definition) is 15. The second-order valence-electron chi connectivity index (χ2n) is 26.0. The number of aliphatic hydroxyl groups is 1. The molecule has 0 fully saturated rings. The third kappa shape index (κ3) is 66.5. The zero-order valence-electron chi connectivity index (χ0n) is 58.8. The molecule has 0 aliphatic rings. The first-order valence-electron chi connectivity index (χ1n) is 37.8. The maximum Gasteiger partial charge on any atom is 0.472 e. The Hall–Kier alpha value is -1.94. The fourth-order valence-electron chi connectivity index (χ4n) is 11.0. The predicted octanol–water partition coefficient (Wildman–Crippen LogP) is 21.1. The van der Waals surface area contributed by atoms with Crippen molar-refractivity contribution >= 4 is 39.5 Å². The van der Waals surface area contributed by atoms with Gasteiger partial charge in [-0.2, -0.15) is 0 Å². The first-order valence-corrected chi connectivity index (χ1v) is 40.8. The summed E-state index contributed by atoms with van der Waals surface area (Å²) in [6.45, 7) is 4.95. The molecule has 2 unspecified atom stereocenters. The number of phosphoric acid groups is 2. The maximum absolute atomic E-state index is 13.0. The normalized spacial score (nSPS) is 14.0. The molecule has 19 heteroatoms. The van der Waals surface area contributed by atoms with Crippen LogP contribution in [0.3, 0.4) is 0 Å². The largest absolute Gasteiger partial charge is 0.472 e. The van der Waals surface area contributed by atoms with Crippen LogP contribution in [0.15, 0.2) is 0 Å². The summed E-state index contributed by atoms with van der Waals surface area (Å²) in [5, 5.41) is 10.6. The summed E-state index contributed by atoms with van der Waals surface area (Å²) in [6.07, 6.45) is 55.3. The van der Waals surface area contributed by atoms with E-state index in [1.807, 2.05) is 0 Å². The first-order chi connectivity index (χ1) is 44.2. The van der Waals surface area contributed by atoms with E-state index < -0.39 is 97.5 Å². The van der Waals surface area contributed by atoms with Crippen molar-refractivity contribution in [1.82, 2.24) is 0 Å². The SMILES string of the molecule is CCCCCCCCCCCCCCCCCCCCC(=O)O[C@H](COC(=O)CCCCCCCCCCCCC)COP(=O)(O)OC[C@@H](O)COP(=O)(O)OC[C@@H](COC(=O)CCCCCCCCCCCCC)OC(=O)CCCCCCCCCCCCC. The van der Waals surface area contributed by atoms with E-state index in [2.05, 4.69) is 27.7 Å². The number of rotatable bonds is 73. The first kappa shape index (κ1) is 89.1. The molecule has 0 rings (SSSR count). The van der Waals surface area contributed by atoms with Gasteiger partial charge in [-0.25, -0.2) is 9.13 Å². The van der Waals surface area contributed by atoms with Crippen molar-refractivity contribution in [3.05, 3.63) is 0 Å². The number of hydrogen-bond donors (Lipinski definition) is 3. The molecular weight excluding hydrogens is 1200 g/mol. The average Bonchev–Trinajstić information content (AvgIpc) is 3.46. The predicted molar refractivity (Wildman–Crippen MR) is 368 cm³/mol. The summed E-state index contributed by atoms with van der Waals surface area (Å²) in [5.41, 5.74) is 0. The van der Waals surface area contributed by atoms with Crippen LogP contribution >= 0.6 is 15.6 Å². The van der Waals surface area contributed by atoms with Crippen LogP contribution in [0, 0.1) is 0 Å². The molecule has 0 radical (unpaired) electrons. The minimum absolute atomic E-state index is 0.108. The molecule has 0 spiro atoms. The lowest BCUT2D eigenvalue weighted by Gasteiger charge is -2.21. The zero-order valence-corrected chi connectivity index (χ0v) is 60.6. The summed E-state index contributed by atoms with van der Waals surface area (Å²) in [5.74, 6) is -2.12. The van der Waals surface area contributed by atoms with Crippen LogP contribution in [0.25, 0.3) is 0 Å². The van der Waals surface area contributed by atoms with Crippen molar-refractivity contribution in [1.29, 1.82) is 0 Å². The van der Waals surface area contributed by atoms with Gasteiger partial charge in [0.1, 0.15) is 19.3 Å². The summed E-state index contributed by atoms with van der Waals surface area (Å²) in [7, 11) is -9.90. The van der Waals surface area contributed by atoms with Crippen molar-refractivity contribution < 1.29 is 80.2 Å². The number of carbonyl (C=O) groups is 4. The number of carbonyl (C=O) groups excluding carboxylic acids is 4. The fourth-order valence-corrected chi connectivity index (χ4v) is 12.6. The Kier molecular flexibility index (Phi) is 65.2. The van der Waals surface area contributed by atoms with Crippen molar-refractivity contribution in [2.75, 3.05) is 39.6 Å². The molecule has 0 bridgehead atoms. The minimum atomic E-state index is -4.95. The Morgan fingerprint density at radius 2 is 0.440 bits per heavy atom. The van der Waals surface area contributed by atoms with Crippen LogP contribution in [0.2, 0.25) is 0 Å². The van der Waals surface area contributed by atoms with Gasteiger partial charge in [0.05, 0.1) is 26.4 Å². The van der Waals surface area contributed by atoms with Gasteiger partial charge in [0, 0.05) is 25.7 Å². The summed E-state index contributed by atoms with van der Waals surface area (Å²) in [4.78, 5) is 72.6. The molecule has 0 saturated heterocycles. The van der Waals surface area contributed by atoms with Crippen molar-refractivity contribution in [2.45, 2.75) is 399 Å². The lowest BCUT2D eigenvalue weighted by atomic mass is 10.0. The molecule has 0 aromatic carbocycles. The number of unbranched alkanes of at least 4 members (excludes halogenated alkanes) is 47. The maximum atomic E-state index is 13.0. The van der Waals surface area contributed by atoms with E-state index in [0.717, 1.165) is 89.9 Å². The topological polar surface area (TPSA) is 237 Å². The van der Waals surface area contributed by atoms with E-state index >= 15 is 0 Å². The van der Waals surface area contributed by atoms with Crippen LogP contribution in [0.4, 0.5) is 0 Å². The van der Waals surface area contributed by atoms with Gasteiger partial charge in [-0.1, -0.05) is 329 Å². The van der Waals surface area contributed by atoms with Crippen molar-refractivity contribution in [3.8, 4) is 0 Å².